The summed E-state index contributed by atoms with van der Waals surface area (Å²) in [4.78, 5) is 9.93. The lowest BCUT2D eigenvalue weighted by Crippen LogP contribution is -2.50. The minimum absolute atomic E-state index is 0.0194. The zero-order chi connectivity index (χ0) is 23.7. The third-order valence-corrected chi connectivity index (χ3v) is 6.70. The Morgan fingerprint density at radius 3 is 2.74 bits per heavy atom. The van der Waals surface area contributed by atoms with Crippen LogP contribution in [0.3, 0.4) is 0 Å². The lowest BCUT2D eigenvalue weighted by Gasteiger charge is -2.37. The van der Waals surface area contributed by atoms with Crippen LogP contribution in [0.4, 0.5) is 20.4 Å². The number of benzene rings is 1. The molecule has 3 N–H and O–H groups in total. The molecule has 0 saturated heterocycles. The van der Waals surface area contributed by atoms with Crippen LogP contribution in [-0.2, 0) is 6.54 Å². The summed E-state index contributed by atoms with van der Waals surface area (Å²) in [5, 5.41) is 27.9. The average molecular weight is 471 g/mol. The minimum Gasteiger partial charge on any atom is -0.390 e. The number of anilines is 2. The summed E-state index contributed by atoms with van der Waals surface area (Å²) in [5.74, 6) is -1.01. The van der Waals surface area contributed by atoms with Crippen molar-refractivity contribution in [2.24, 2.45) is 0 Å². The first-order valence-corrected chi connectivity index (χ1v) is 11.6. The number of nitrogens with one attached hydrogen (secondary N) is 1. The molecule has 34 heavy (non-hydrogen) atoms. The van der Waals surface area contributed by atoms with Gasteiger partial charge in [-0.15, -0.1) is 0 Å². The Hall–Kier alpha value is -3.11. The highest BCUT2D eigenvalue weighted by Gasteiger charge is 2.38. The number of aliphatic hydroxyl groups is 2. The van der Waals surface area contributed by atoms with Crippen LogP contribution in [0.25, 0.3) is 5.69 Å². The Morgan fingerprint density at radius 1 is 1.18 bits per heavy atom. The van der Waals surface area contributed by atoms with Gasteiger partial charge in [-0.2, -0.15) is 9.49 Å². The second-order valence-electron chi connectivity index (χ2n) is 9.16. The third kappa shape index (κ3) is 4.60. The highest BCUT2D eigenvalue weighted by Crippen LogP contribution is 2.35. The van der Waals surface area contributed by atoms with Crippen LogP contribution >= 0.6 is 0 Å². The first-order chi connectivity index (χ1) is 16.4. The summed E-state index contributed by atoms with van der Waals surface area (Å²) in [6, 6.07) is 6.69. The highest BCUT2D eigenvalue weighted by molar-refractivity contribution is 5.53. The summed E-state index contributed by atoms with van der Waals surface area (Å²) in [5.41, 5.74) is -0.299. The van der Waals surface area contributed by atoms with Gasteiger partial charge in [-0.1, -0.05) is 18.9 Å². The van der Waals surface area contributed by atoms with Crippen LogP contribution in [0.5, 0.6) is 0 Å². The van der Waals surface area contributed by atoms with Crippen LogP contribution in [0.2, 0.25) is 0 Å². The fourth-order valence-electron chi connectivity index (χ4n) is 4.51. The van der Waals surface area contributed by atoms with E-state index < -0.39 is 23.3 Å². The van der Waals surface area contributed by atoms with Crippen molar-refractivity contribution in [2.75, 3.05) is 16.8 Å². The smallest absolute Gasteiger partial charge is 0.207 e. The molecule has 1 aromatic carbocycles. The van der Waals surface area contributed by atoms with Gasteiger partial charge in [-0.25, -0.2) is 19.0 Å². The van der Waals surface area contributed by atoms with Crippen molar-refractivity contribution < 1.29 is 19.0 Å². The molecule has 2 heterocycles. The van der Waals surface area contributed by atoms with Crippen molar-refractivity contribution >= 4 is 11.6 Å². The van der Waals surface area contributed by atoms with Gasteiger partial charge in [0.2, 0.25) is 5.82 Å². The minimum atomic E-state index is -1.33. The van der Waals surface area contributed by atoms with Gasteiger partial charge in [-0.05, 0) is 43.9 Å². The molecule has 2 saturated carbocycles. The molecule has 0 bridgehead atoms. The van der Waals surface area contributed by atoms with Crippen molar-refractivity contribution in [3.8, 4) is 5.69 Å². The quantitative estimate of drug-likeness (QED) is 0.465. The van der Waals surface area contributed by atoms with E-state index in [1.807, 2.05) is 0 Å². The number of aromatic nitrogens is 4. The van der Waals surface area contributed by atoms with Crippen molar-refractivity contribution in [2.45, 2.75) is 62.8 Å². The van der Waals surface area contributed by atoms with Gasteiger partial charge in [0.1, 0.15) is 17.7 Å². The first kappa shape index (κ1) is 22.7. The summed E-state index contributed by atoms with van der Waals surface area (Å²) in [6.45, 7) is 0.139. The Kier molecular flexibility index (Phi) is 6.18. The molecular formula is C24H28F2N6O2. The van der Waals surface area contributed by atoms with Crippen LogP contribution in [0, 0.1) is 11.6 Å². The molecule has 5 rings (SSSR count). The maximum absolute atomic E-state index is 15.5. The zero-order valence-electron chi connectivity index (χ0n) is 18.7. The van der Waals surface area contributed by atoms with Gasteiger partial charge < -0.3 is 20.4 Å². The van der Waals surface area contributed by atoms with E-state index in [0.717, 1.165) is 25.7 Å². The van der Waals surface area contributed by atoms with Crippen molar-refractivity contribution in [3.05, 3.63) is 60.2 Å². The molecule has 0 amide bonds. The number of rotatable bonds is 8. The Bertz CT molecular complexity index is 1140. The van der Waals surface area contributed by atoms with E-state index >= 15 is 4.39 Å². The van der Waals surface area contributed by atoms with E-state index in [-0.39, 0.29) is 30.8 Å². The molecule has 2 aromatic heterocycles. The van der Waals surface area contributed by atoms with Crippen LogP contribution in [0.1, 0.15) is 44.1 Å². The maximum Gasteiger partial charge on any atom is 0.207 e. The lowest BCUT2D eigenvalue weighted by molar-refractivity contribution is -0.0900. The van der Waals surface area contributed by atoms with Gasteiger partial charge in [-0.3, -0.25) is 0 Å². The largest absolute Gasteiger partial charge is 0.390 e. The molecule has 2 atom stereocenters. The van der Waals surface area contributed by atoms with Gasteiger partial charge >= 0.3 is 0 Å². The Balaban J connectivity index is 1.35. The van der Waals surface area contributed by atoms with Gasteiger partial charge in [0, 0.05) is 37.1 Å². The summed E-state index contributed by atoms with van der Waals surface area (Å²) in [7, 11) is 0. The molecule has 2 fully saturated rings. The highest BCUT2D eigenvalue weighted by atomic mass is 19.1. The van der Waals surface area contributed by atoms with E-state index in [1.165, 1.54) is 12.4 Å². The molecule has 0 unspecified atom stereocenters. The molecule has 2 aliphatic rings. The Morgan fingerprint density at radius 2 is 2.03 bits per heavy atom. The third-order valence-electron chi connectivity index (χ3n) is 6.70. The second kappa shape index (κ2) is 9.27. The number of nitrogens with zero attached hydrogens (tertiary/aromatic N) is 5. The first-order valence-electron chi connectivity index (χ1n) is 11.6. The molecule has 0 aliphatic heterocycles. The molecule has 10 heteroatoms. The molecule has 3 aromatic rings. The normalized spacial score (nSPS) is 22.5. The fourth-order valence-corrected chi connectivity index (χ4v) is 4.51. The maximum atomic E-state index is 15.5. The standard InChI is InChI=1S/C24H28F2N6O2/c25-19-12-18(32-11-3-10-30-32)6-5-16(19)13-31(17-7-8-17)23-21(26)22(28-15-29-23)27-14-24(34)9-2-1-4-20(24)33/h3,5-6,10-12,15,17,20,33-34H,1-2,4,7-9,13-14H2,(H,27,28,29)/t20-,24-/m0/s1. The van der Waals surface area contributed by atoms with Gasteiger partial charge in [0.15, 0.2) is 11.6 Å². The fraction of sp³-hybridized carbons (Fsp3) is 0.458. The van der Waals surface area contributed by atoms with Crippen molar-refractivity contribution in [3.63, 3.8) is 0 Å². The zero-order valence-corrected chi connectivity index (χ0v) is 18.7. The summed E-state index contributed by atoms with van der Waals surface area (Å²) < 4.78 is 32.0. The van der Waals surface area contributed by atoms with Gasteiger partial charge in [0.25, 0.3) is 0 Å². The predicted octanol–water partition coefficient (Wildman–Crippen LogP) is 3.19. The van der Waals surface area contributed by atoms with Crippen molar-refractivity contribution in [1.29, 1.82) is 0 Å². The predicted molar refractivity (Wildman–Crippen MR) is 123 cm³/mol. The van der Waals surface area contributed by atoms with Gasteiger partial charge in [0.05, 0.1) is 11.8 Å². The van der Waals surface area contributed by atoms with Crippen LogP contribution < -0.4 is 10.2 Å². The molecular weight excluding hydrogens is 442 g/mol. The molecule has 180 valence electrons. The number of aliphatic hydroxyl groups excluding tert-OH is 1. The number of hydrogen-bond acceptors (Lipinski definition) is 7. The van der Waals surface area contributed by atoms with E-state index in [0.29, 0.717) is 24.1 Å². The Labute approximate surface area is 196 Å². The van der Waals surface area contributed by atoms with E-state index in [1.54, 1.807) is 40.2 Å². The molecule has 0 spiro atoms. The average Bonchev–Trinajstić information content (AvgIpc) is 3.52. The van der Waals surface area contributed by atoms with Crippen LogP contribution in [-0.4, -0.2) is 54.3 Å². The summed E-state index contributed by atoms with van der Waals surface area (Å²) >= 11 is 0. The molecule has 0 radical (unpaired) electrons. The van der Waals surface area contributed by atoms with E-state index in [9.17, 15) is 14.6 Å². The lowest BCUT2D eigenvalue weighted by atomic mass is 9.82. The van der Waals surface area contributed by atoms with E-state index in [2.05, 4.69) is 20.4 Å². The van der Waals surface area contributed by atoms with Crippen molar-refractivity contribution in [1.82, 2.24) is 19.7 Å². The molecule has 2 aliphatic carbocycles. The monoisotopic (exact) mass is 470 g/mol. The number of hydrogen-bond donors (Lipinski definition) is 3. The molecule has 8 nitrogen and oxygen atoms in total. The topological polar surface area (TPSA) is 99.3 Å². The van der Waals surface area contributed by atoms with Crippen LogP contribution in [0.15, 0.2) is 43.0 Å². The summed E-state index contributed by atoms with van der Waals surface area (Å²) in [6.07, 6.45) is 8.08. The SMILES string of the molecule is O[C@H]1CCCC[C@]1(O)CNc1ncnc(N(Cc2ccc(-n3cccn3)cc2F)C2CC2)c1F. The second-order valence-corrected chi connectivity index (χ2v) is 9.16. The number of halogens is 2. The van der Waals surface area contributed by atoms with E-state index in [4.69, 9.17) is 0 Å².